The first kappa shape index (κ1) is 14.6. The number of benzene rings is 1. The van der Waals surface area contributed by atoms with Crippen molar-refractivity contribution in [3.8, 4) is 5.75 Å². The lowest BCUT2D eigenvalue weighted by atomic mass is 10.00. The molecule has 108 valence electrons. The van der Waals surface area contributed by atoms with Crippen molar-refractivity contribution in [1.82, 2.24) is 5.32 Å². The first-order chi connectivity index (χ1) is 9.63. The molecular formula is C16H21NO3. The molecular weight excluding hydrogens is 254 g/mol. The Morgan fingerprint density at radius 1 is 1.45 bits per heavy atom. The zero-order valence-electron chi connectivity index (χ0n) is 12.1. The predicted molar refractivity (Wildman–Crippen MR) is 77.1 cm³/mol. The predicted octanol–water partition coefficient (Wildman–Crippen LogP) is 2.64. The van der Waals surface area contributed by atoms with E-state index in [-0.39, 0.29) is 11.7 Å². The summed E-state index contributed by atoms with van der Waals surface area (Å²) in [7, 11) is 0. The van der Waals surface area contributed by atoms with Crippen LogP contribution in [0.4, 0.5) is 0 Å². The Balaban J connectivity index is 2.13. The Morgan fingerprint density at radius 2 is 2.25 bits per heavy atom. The number of nitrogens with one attached hydrogen (secondary N) is 1. The number of hydrogen-bond acceptors (Lipinski definition) is 3. The zero-order chi connectivity index (χ0) is 14.5. The molecule has 1 N–H and O–H groups in total. The van der Waals surface area contributed by atoms with Gasteiger partial charge >= 0.3 is 0 Å². The molecule has 0 aliphatic carbocycles. The number of hydrogen-bond donors (Lipinski definition) is 1. The third-order valence-corrected chi connectivity index (χ3v) is 3.54. The Labute approximate surface area is 119 Å². The monoisotopic (exact) mass is 275 g/mol. The number of para-hydroxylation sites is 1. The molecule has 1 aliphatic heterocycles. The van der Waals surface area contributed by atoms with Crippen molar-refractivity contribution in [1.29, 1.82) is 0 Å². The van der Waals surface area contributed by atoms with Gasteiger partial charge in [-0.05, 0) is 25.0 Å². The molecule has 0 aromatic heterocycles. The molecule has 0 radical (unpaired) electrons. The summed E-state index contributed by atoms with van der Waals surface area (Å²) in [5.74, 6) is 0.551. The highest BCUT2D eigenvalue weighted by Crippen LogP contribution is 2.27. The van der Waals surface area contributed by atoms with Crippen LogP contribution in [-0.4, -0.2) is 24.3 Å². The molecule has 0 spiro atoms. The van der Waals surface area contributed by atoms with Crippen molar-refractivity contribution in [2.24, 2.45) is 0 Å². The highest BCUT2D eigenvalue weighted by atomic mass is 16.5. The van der Waals surface area contributed by atoms with Gasteiger partial charge in [-0.2, -0.15) is 0 Å². The van der Waals surface area contributed by atoms with Crippen LogP contribution in [0.5, 0.6) is 5.75 Å². The second-order valence-electron chi connectivity index (χ2n) is 5.18. The zero-order valence-corrected chi connectivity index (χ0v) is 12.1. The van der Waals surface area contributed by atoms with E-state index < -0.39 is 6.04 Å². The molecule has 2 rings (SSSR count). The van der Waals surface area contributed by atoms with Gasteiger partial charge < -0.3 is 10.1 Å². The topological polar surface area (TPSA) is 55.4 Å². The van der Waals surface area contributed by atoms with Gasteiger partial charge in [0.1, 0.15) is 5.75 Å². The maximum Gasteiger partial charge on any atom is 0.220 e. The van der Waals surface area contributed by atoms with Crippen molar-refractivity contribution in [2.45, 2.75) is 45.6 Å². The van der Waals surface area contributed by atoms with Gasteiger partial charge in [-0.15, -0.1) is 0 Å². The first-order valence-electron chi connectivity index (χ1n) is 7.19. The lowest BCUT2D eigenvalue weighted by Crippen LogP contribution is -2.40. The number of ketones is 1. The molecule has 4 heteroatoms. The fourth-order valence-corrected chi connectivity index (χ4v) is 2.38. The largest absolute Gasteiger partial charge is 0.492 e. The van der Waals surface area contributed by atoms with Crippen LogP contribution in [0.1, 0.15) is 48.5 Å². The van der Waals surface area contributed by atoms with E-state index in [1.165, 1.54) is 0 Å². The average Bonchev–Trinajstić information content (AvgIpc) is 2.59. The summed E-state index contributed by atoms with van der Waals surface area (Å²) in [4.78, 5) is 24.3. The minimum atomic E-state index is -0.470. The number of rotatable bonds is 4. The number of aryl methyl sites for hydroxylation is 1. The molecule has 1 aromatic carbocycles. The summed E-state index contributed by atoms with van der Waals surface area (Å²) in [6.07, 6.45) is 2.81. The van der Waals surface area contributed by atoms with E-state index >= 15 is 0 Å². The Kier molecular flexibility index (Phi) is 4.77. The summed E-state index contributed by atoms with van der Waals surface area (Å²) in [6.45, 7) is 4.41. The Hall–Kier alpha value is -1.84. The molecule has 0 saturated carbocycles. The van der Waals surface area contributed by atoms with Crippen molar-refractivity contribution in [3.63, 3.8) is 0 Å². The van der Waals surface area contributed by atoms with Gasteiger partial charge in [0.25, 0.3) is 0 Å². The number of Topliss-reactive ketones (excluding diaryl/α,β-unsaturated/α-hetero) is 1. The van der Waals surface area contributed by atoms with Crippen LogP contribution in [0.2, 0.25) is 0 Å². The third kappa shape index (κ3) is 3.18. The average molecular weight is 275 g/mol. The Bertz CT molecular complexity index is 510. The smallest absolute Gasteiger partial charge is 0.220 e. The molecule has 1 heterocycles. The number of amides is 1. The van der Waals surface area contributed by atoms with Crippen LogP contribution in [0, 0.1) is 6.92 Å². The van der Waals surface area contributed by atoms with Crippen LogP contribution in [-0.2, 0) is 4.79 Å². The van der Waals surface area contributed by atoms with E-state index in [9.17, 15) is 9.59 Å². The van der Waals surface area contributed by atoms with Crippen LogP contribution in [0.3, 0.4) is 0 Å². The van der Waals surface area contributed by atoms with E-state index in [1.807, 2.05) is 26.0 Å². The van der Waals surface area contributed by atoms with Crippen LogP contribution in [0.25, 0.3) is 0 Å². The van der Waals surface area contributed by atoms with Crippen LogP contribution >= 0.6 is 0 Å². The summed E-state index contributed by atoms with van der Waals surface area (Å²) in [5.41, 5.74) is 1.53. The lowest BCUT2D eigenvalue weighted by molar-refractivity contribution is -0.121. The number of ether oxygens (including phenoxy) is 1. The van der Waals surface area contributed by atoms with Gasteiger partial charge in [-0.3, -0.25) is 9.59 Å². The molecule has 1 unspecified atom stereocenters. The molecule has 0 fully saturated rings. The fraction of sp³-hybridized carbons (Fsp3) is 0.500. The quantitative estimate of drug-likeness (QED) is 0.919. The molecule has 0 saturated heterocycles. The molecule has 0 bridgehead atoms. The van der Waals surface area contributed by atoms with E-state index in [0.29, 0.717) is 30.8 Å². The molecule has 4 nitrogen and oxygen atoms in total. The van der Waals surface area contributed by atoms with E-state index in [4.69, 9.17) is 4.74 Å². The maximum atomic E-state index is 12.5. The second kappa shape index (κ2) is 6.55. The first-order valence-corrected chi connectivity index (χ1v) is 7.19. The molecule has 1 aromatic rings. The highest BCUT2D eigenvalue weighted by Gasteiger charge is 2.28. The summed E-state index contributed by atoms with van der Waals surface area (Å²) < 4.78 is 5.67. The molecule has 1 amide bonds. The van der Waals surface area contributed by atoms with Crippen LogP contribution in [0.15, 0.2) is 18.2 Å². The van der Waals surface area contributed by atoms with E-state index in [1.54, 1.807) is 6.07 Å². The molecule has 20 heavy (non-hydrogen) atoms. The third-order valence-electron chi connectivity index (χ3n) is 3.54. The summed E-state index contributed by atoms with van der Waals surface area (Å²) in [5, 5.41) is 2.84. The number of unbranched alkanes of at least 4 members (excludes halogenated alkanes) is 1. The number of carbonyl (C=O) groups excluding carboxylic acids is 2. The Morgan fingerprint density at radius 3 is 3.00 bits per heavy atom. The van der Waals surface area contributed by atoms with Crippen molar-refractivity contribution in [3.05, 3.63) is 29.3 Å². The van der Waals surface area contributed by atoms with Crippen molar-refractivity contribution in [2.75, 3.05) is 6.61 Å². The highest BCUT2D eigenvalue weighted by molar-refractivity contribution is 6.04. The summed E-state index contributed by atoms with van der Waals surface area (Å²) >= 11 is 0. The van der Waals surface area contributed by atoms with Gasteiger partial charge in [-0.25, -0.2) is 0 Å². The van der Waals surface area contributed by atoms with Gasteiger partial charge in [0.2, 0.25) is 5.91 Å². The van der Waals surface area contributed by atoms with Gasteiger partial charge in [0, 0.05) is 12.8 Å². The maximum absolute atomic E-state index is 12.5. The molecule has 1 aliphatic rings. The minimum Gasteiger partial charge on any atom is -0.492 e. The lowest BCUT2D eigenvalue weighted by Gasteiger charge is -2.14. The fourth-order valence-electron chi connectivity index (χ4n) is 2.38. The number of fused-ring (bicyclic) bond motifs is 1. The SMILES string of the molecule is CCCCC(=O)NC1CCOc2c(C)cccc2C1=O. The second-order valence-corrected chi connectivity index (χ2v) is 5.18. The minimum absolute atomic E-state index is 0.0500. The van der Waals surface area contributed by atoms with E-state index in [0.717, 1.165) is 18.4 Å². The summed E-state index contributed by atoms with van der Waals surface area (Å²) in [6, 6.07) is 5.06. The van der Waals surface area contributed by atoms with Gasteiger partial charge in [0.15, 0.2) is 5.78 Å². The standard InChI is InChI=1S/C16H21NO3/c1-3-4-8-14(18)17-13-9-10-20-16-11(2)6-5-7-12(16)15(13)19/h5-7,13H,3-4,8-10H2,1-2H3,(H,17,18). The van der Waals surface area contributed by atoms with Crippen molar-refractivity contribution >= 4 is 11.7 Å². The number of carbonyl (C=O) groups is 2. The normalized spacial score (nSPS) is 17.9. The van der Waals surface area contributed by atoms with Gasteiger partial charge in [-0.1, -0.05) is 25.5 Å². The van der Waals surface area contributed by atoms with Gasteiger partial charge in [0.05, 0.1) is 18.2 Å². The van der Waals surface area contributed by atoms with E-state index in [2.05, 4.69) is 5.32 Å². The molecule has 1 atom stereocenters. The van der Waals surface area contributed by atoms with Crippen LogP contribution < -0.4 is 10.1 Å². The van der Waals surface area contributed by atoms with Crippen molar-refractivity contribution < 1.29 is 14.3 Å².